The van der Waals surface area contributed by atoms with Crippen LogP contribution in [0.15, 0.2) is 53.7 Å². The van der Waals surface area contributed by atoms with Crippen LogP contribution in [0.4, 0.5) is 5.69 Å². The Kier molecular flexibility index (Phi) is 6.32. The Bertz CT molecular complexity index is 662. The third kappa shape index (κ3) is 4.99. The van der Waals surface area contributed by atoms with Gasteiger partial charge < -0.3 is 14.5 Å². The molecule has 4 nitrogen and oxygen atoms in total. The molecule has 0 aromatic heterocycles. The predicted octanol–water partition coefficient (Wildman–Crippen LogP) is 4.30. The van der Waals surface area contributed by atoms with Crippen molar-refractivity contribution in [1.82, 2.24) is 0 Å². The van der Waals surface area contributed by atoms with Gasteiger partial charge in [-0.3, -0.25) is 0 Å². The Labute approximate surface area is 150 Å². The molecule has 1 radical (unpaired) electrons. The van der Waals surface area contributed by atoms with Crippen molar-refractivity contribution in [2.45, 2.75) is 26.2 Å². The summed E-state index contributed by atoms with van der Waals surface area (Å²) in [4.78, 5) is 7.87. The third-order valence-electron chi connectivity index (χ3n) is 4.30. The number of anilines is 1. The zero-order valence-corrected chi connectivity index (χ0v) is 14.8. The van der Waals surface area contributed by atoms with Gasteiger partial charge in [-0.05, 0) is 55.2 Å². The molecule has 0 saturated carbocycles. The van der Waals surface area contributed by atoms with Gasteiger partial charge in [-0.1, -0.05) is 36.3 Å². The van der Waals surface area contributed by atoms with Crippen LogP contribution < -0.4 is 9.64 Å². The molecule has 4 heteroatoms. The van der Waals surface area contributed by atoms with Crippen LogP contribution in [-0.4, -0.2) is 32.0 Å². The molecule has 0 N–H and O–H groups in total. The van der Waals surface area contributed by atoms with Gasteiger partial charge in [-0.2, -0.15) is 0 Å². The molecule has 0 atom stereocenters. The van der Waals surface area contributed by atoms with E-state index in [0.29, 0.717) is 13.2 Å². The highest BCUT2D eigenvalue weighted by Gasteiger charge is 2.12. The minimum Gasteiger partial charge on any atom is -0.490 e. The van der Waals surface area contributed by atoms with Gasteiger partial charge >= 0.3 is 0 Å². The molecule has 1 aliphatic rings. The fraction of sp³-hybridized carbons (Fsp3) is 0.381. The van der Waals surface area contributed by atoms with E-state index in [2.05, 4.69) is 47.3 Å². The highest BCUT2D eigenvalue weighted by molar-refractivity contribution is 6.00. The lowest BCUT2D eigenvalue weighted by molar-refractivity contribution is 0.107. The number of rotatable bonds is 8. The van der Waals surface area contributed by atoms with Gasteiger partial charge in [0.05, 0.1) is 5.71 Å². The molecule has 131 valence electrons. The molecule has 0 bridgehead atoms. The van der Waals surface area contributed by atoms with Crippen molar-refractivity contribution in [2.75, 3.05) is 31.2 Å². The quantitative estimate of drug-likeness (QED) is 0.409. The van der Waals surface area contributed by atoms with E-state index < -0.39 is 0 Å². The summed E-state index contributed by atoms with van der Waals surface area (Å²) in [7, 11) is 0. The van der Waals surface area contributed by atoms with Crippen molar-refractivity contribution in [3.8, 4) is 5.75 Å². The standard InChI is InChI=1S/C21H25N2O2/c1-2-21(22-25-17-16-24-20-8-4-3-5-9-20)18-10-12-19(13-11-18)23-14-6-7-15-23/h3-4,8-13H,2,6-7,14-17H2,1H3/b22-21+. The normalized spacial score (nSPS) is 14.6. The first-order chi connectivity index (χ1) is 12.4. The monoisotopic (exact) mass is 337 g/mol. The number of ether oxygens (including phenoxy) is 1. The molecule has 1 aliphatic heterocycles. The largest absolute Gasteiger partial charge is 0.490 e. The van der Waals surface area contributed by atoms with Crippen LogP contribution in [0, 0.1) is 6.07 Å². The molecule has 3 rings (SSSR count). The maximum atomic E-state index is 5.57. The lowest BCUT2D eigenvalue weighted by atomic mass is 10.1. The molecule has 1 saturated heterocycles. The lowest BCUT2D eigenvalue weighted by Crippen LogP contribution is -2.17. The van der Waals surface area contributed by atoms with Crippen molar-refractivity contribution in [2.24, 2.45) is 5.16 Å². The number of benzene rings is 2. The van der Waals surface area contributed by atoms with Crippen molar-refractivity contribution in [3.05, 3.63) is 60.2 Å². The Morgan fingerprint density at radius 1 is 1.12 bits per heavy atom. The van der Waals surface area contributed by atoms with E-state index in [-0.39, 0.29) is 0 Å². The van der Waals surface area contributed by atoms with Crippen molar-refractivity contribution in [1.29, 1.82) is 0 Å². The second kappa shape index (κ2) is 9.11. The topological polar surface area (TPSA) is 34.1 Å². The Morgan fingerprint density at radius 3 is 2.60 bits per heavy atom. The van der Waals surface area contributed by atoms with Gasteiger partial charge in [0.15, 0.2) is 6.61 Å². The highest BCUT2D eigenvalue weighted by atomic mass is 16.6. The summed E-state index contributed by atoms with van der Waals surface area (Å²) in [6.45, 7) is 5.30. The minimum absolute atomic E-state index is 0.421. The average Bonchev–Trinajstić information content (AvgIpc) is 3.21. The maximum absolute atomic E-state index is 5.57. The third-order valence-corrected chi connectivity index (χ3v) is 4.30. The summed E-state index contributed by atoms with van der Waals surface area (Å²) in [5, 5.41) is 4.29. The summed E-state index contributed by atoms with van der Waals surface area (Å²) >= 11 is 0. The Hall–Kier alpha value is -2.49. The Balaban J connectivity index is 1.49. The second-order valence-electron chi connectivity index (χ2n) is 6.05. The van der Waals surface area contributed by atoms with Gasteiger partial charge in [0.2, 0.25) is 0 Å². The van der Waals surface area contributed by atoms with E-state index in [1.807, 2.05) is 24.3 Å². The van der Waals surface area contributed by atoms with Gasteiger partial charge in [0, 0.05) is 18.8 Å². The Morgan fingerprint density at radius 2 is 1.92 bits per heavy atom. The maximum Gasteiger partial charge on any atom is 0.151 e. The minimum atomic E-state index is 0.421. The zero-order chi connectivity index (χ0) is 17.3. The van der Waals surface area contributed by atoms with Gasteiger partial charge in [0.1, 0.15) is 12.4 Å². The van der Waals surface area contributed by atoms with E-state index in [4.69, 9.17) is 9.57 Å². The summed E-state index contributed by atoms with van der Waals surface area (Å²) in [5.74, 6) is 0.795. The zero-order valence-electron chi connectivity index (χ0n) is 14.8. The molecule has 0 spiro atoms. The van der Waals surface area contributed by atoms with Crippen LogP contribution in [0.5, 0.6) is 5.75 Å². The lowest BCUT2D eigenvalue weighted by Gasteiger charge is -2.17. The van der Waals surface area contributed by atoms with Crippen LogP contribution in [0.3, 0.4) is 0 Å². The molecular weight excluding hydrogens is 312 g/mol. The summed E-state index contributed by atoms with van der Waals surface area (Å²) in [5.41, 5.74) is 3.37. The summed E-state index contributed by atoms with van der Waals surface area (Å²) in [6.07, 6.45) is 3.41. The van der Waals surface area contributed by atoms with E-state index in [0.717, 1.165) is 36.5 Å². The van der Waals surface area contributed by atoms with E-state index >= 15 is 0 Å². The second-order valence-corrected chi connectivity index (χ2v) is 6.05. The first-order valence-electron chi connectivity index (χ1n) is 9.00. The SMILES string of the molecule is CC/C(=N\OCCOc1c[c]ccc1)c1ccc(N2CCCC2)cc1. The van der Waals surface area contributed by atoms with Crippen molar-refractivity contribution >= 4 is 11.4 Å². The van der Waals surface area contributed by atoms with Crippen LogP contribution in [0.1, 0.15) is 31.7 Å². The molecule has 0 aliphatic carbocycles. The van der Waals surface area contributed by atoms with Crippen molar-refractivity contribution < 1.29 is 9.57 Å². The van der Waals surface area contributed by atoms with E-state index in [1.54, 1.807) is 0 Å². The smallest absolute Gasteiger partial charge is 0.151 e. The van der Waals surface area contributed by atoms with E-state index in [9.17, 15) is 0 Å². The van der Waals surface area contributed by atoms with Gasteiger partial charge in [0.25, 0.3) is 0 Å². The van der Waals surface area contributed by atoms with Crippen LogP contribution >= 0.6 is 0 Å². The molecule has 1 fully saturated rings. The molecular formula is C21H25N2O2. The van der Waals surface area contributed by atoms with Gasteiger partial charge in [-0.15, -0.1) is 0 Å². The van der Waals surface area contributed by atoms with Gasteiger partial charge in [-0.25, -0.2) is 0 Å². The highest BCUT2D eigenvalue weighted by Crippen LogP contribution is 2.21. The average molecular weight is 337 g/mol. The molecule has 2 aromatic rings. The molecule has 0 unspecified atom stereocenters. The van der Waals surface area contributed by atoms with E-state index in [1.165, 1.54) is 18.5 Å². The molecule has 25 heavy (non-hydrogen) atoms. The van der Waals surface area contributed by atoms with Crippen LogP contribution in [0.25, 0.3) is 0 Å². The summed E-state index contributed by atoms with van der Waals surface area (Å²) < 4.78 is 5.57. The van der Waals surface area contributed by atoms with Crippen molar-refractivity contribution in [3.63, 3.8) is 0 Å². The number of hydrogen-bond donors (Lipinski definition) is 0. The molecule has 0 amide bonds. The van der Waals surface area contributed by atoms with Crippen LogP contribution in [0.2, 0.25) is 0 Å². The van der Waals surface area contributed by atoms with Crippen LogP contribution in [-0.2, 0) is 4.84 Å². The summed E-state index contributed by atoms with van der Waals surface area (Å²) in [6, 6.07) is 19.1. The number of nitrogens with zero attached hydrogens (tertiary/aromatic N) is 2. The molecule has 2 aromatic carbocycles. The first kappa shape index (κ1) is 17.3. The fourth-order valence-corrected chi connectivity index (χ4v) is 2.95. The number of oxime groups is 1. The predicted molar refractivity (Wildman–Crippen MR) is 101 cm³/mol. The number of hydrogen-bond acceptors (Lipinski definition) is 4. The fourth-order valence-electron chi connectivity index (χ4n) is 2.95. The first-order valence-corrected chi connectivity index (χ1v) is 9.00. The molecule has 1 heterocycles.